The SMILES string of the molecule is CC1(CC(O)(C(=O)Nc2cccnc2)C(F)(F)F)OC2C=CC(F)=CC21. The van der Waals surface area contributed by atoms with Gasteiger partial charge in [0.05, 0.1) is 23.6 Å². The molecule has 4 atom stereocenters. The number of rotatable bonds is 4. The Kier molecular flexibility index (Phi) is 4.40. The maximum atomic E-state index is 13.6. The van der Waals surface area contributed by atoms with Gasteiger partial charge in [-0.05, 0) is 31.2 Å². The van der Waals surface area contributed by atoms with Gasteiger partial charge in [-0.1, -0.05) is 6.08 Å². The highest BCUT2D eigenvalue weighted by Gasteiger charge is 2.66. The van der Waals surface area contributed by atoms with E-state index in [2.05, 4.69) is 4.98 Å². The first-order valence-corrected chi connectivity index (χ1v) is 7.79. The molecule has 4 unspecified atom stereocenters. The molecule has 0 saturated carbocycles. The summed E-state index contributed by atoms with van der Waals surface area (Å²) in [5.41, 5.74) is -5.26. The summed E-state index contributed by atoms with van der Waals surface area (Å²) in [4.78, 5) is 15.9. The average molecular weight is 372 g/mol. The van der Waals surface area contributed by atoms with Crippen molar-refractivity contribution >= 4 is 11.6 Å². The smallest absolute Gasteiger partial charge is 0.373 e. The van der Waals surface area contributed by atoms with Crippen molar-refractivity contribution in [3.05, 3.63) is 48.6 Å². The molecule has 9 heteroatoms. The largest absolute Gasteiger partial charge is 0.426 e. The van der Waals surface area contributed by atoms with Crippen LogP contribution in [0.25, 0.3) is 0 Å². The van der Waals surface area contributed by atoms with Gasteiger partial charge in [0.1, 0.15) is 5.83 Å². The summed E-state index contributed by atoms with van der Waals surface area (Å²) in [5.74, 6) is -2.97. The van der Waals surface area contributed by atoms with Gasteiger partial charge in [0.2, 0.25) is 5.60 Å². The molecule has 0 radical (unpaired) electrons. The van der Waals surface area contributed by atoms with Gasteiger partial charge in [-0.2, -0.15) is 13.2 Å². The van der Waals surface area contributed by atoms with Crippen LogP contribution in [0.4, 0.5) is 23.2 Å². The monoisotopic (exact) mass is 372 g/mol. The van der Waals surface area contributed by atoms with Crippen LogP contribution in [0.2, 0.25) is 0 Å². The number of halogens is 4. The van der Waals surface area contributed by atoms with E-state index in [1.165, 1.54) is 31.3 Å². The van der Waals surface area contributed by atoms with E-state index in [4.69, 9.17) is 4.74 Å². The van der Waals surface area contributed by atoms with E-state index in [9.17, 15) is 27.5 Å². The number of amides is 1. The molecule has 26 heavy (non-hydrogen) atoms. The predicted octanol–water partition coefficient (Wildman–Crippen LogP) is 2.90. The molecule has 1 aliphatic carbocycles. The second-order valence-corrected chi connectivity index (χ2v) is 6.56. The lowest BCUT2D eigenvalue weighted by atomic mass is 9.70. The molecule has 2 aliphatic rings. The molecule has 140 valence electrons. The number of carbonyl (C=O) groups is 1. The highest BCUT2D eigenvalue weighted by atomic mass is 19.4. The van der Waals surface area contributed by atoms with Crippen LogP contribution in [0.5, 0.6) is 0 Å². The highest BCUT2D eigenvalue weighted by molar-refractivity contribution is 5.97. The summed E-state index contributed by atoms with van der Waals surface area (Å²) in [6.45, 7) is 1.31. The lowest BCUT2D eigenvalue weighted by Gasteiger charge is -2.54. The van der Waals surface area contributed by atoms with Crippen LogP contribution in [0.3, 0.4) is 0 Å². The predicted molar refractivity (Wildman–Crippen MR) is 83.6 cm³/mol. The normalized spacial score (nSPS) is 29.8. The lowest BCUT2D eigenvalue weighted by Crippen LogP contribution is -2.65. The minimum Gasteiger partial charge on any atom is -0.373 e. The van der Waals surface area contributed by atoms with E-state index in [1.54, 1.807) is 0 Å². The molecule has 1 aromatic rings. The third-order valence-corrected chi connectivity index (χ3v) is 4.62. The van der Waals surface area contributed by atoms with Gasteiger partial charge in [-0.15, -0.1) is 0 Å². The van der Waals surface area contributed by atoms with Crippen molar-refractivity contribution in [1.82, 2.24) is 4.98 Å². The molecular formula is C17H16F4N2O3. The Morgan fingerprint density at radius 2 is 2.19 bits per heavy atom. The molecule has 1 saturated heterocycles. The third-order valence-electron chi connectivity index (χ3n) is 4.62. The van der Waals surface area contributed by atoms with Crippen molar-refractivity contribution in [3.63, 3.8) is 0 Å². The molecule has 1 aliphatic heterocycles. The van der Waals surface area contributed by atoms with Crippen molar-refractivity contribution in [3.8, 4) is 0 Å². The van der Waals surface area contributed by atoms with Gasteiger partial charge in [0.25, 0.3) is 5.91 Å². The number of aromatic nitrogens is 1. The van der Waals surface area contributed by atoms with E-state index in [1.807, 2.05) is 5.32 Å². The number of allylic oxidation sites excluding steroid dienone is 2. The van der Waals surface area contributed by atoms with Crippen molar-refractivity contribution < 1.29 is 32.2 Å². The summed E-state index contributed by atoms with van der Waals surface area (Å²) >= 11 is 0. The second kappa shape index (κ2) is 6.17. The van der Waals surface area contributed by atoms with Gasteiger partial charge in [0, 0.05) is 18.5 Å². The molecule has 1 amide bonds. The Morgan fingerprint density at radius 3 is 2.81 bits per heavy atom. The topological polar surface area (TPSA) is 71.5 Å². The van der Waals surface area contributed by atoms with E-state index >= 15 is 0 Å². The van der Waals surface area contributed by atoms with E-state index < -0.39 is 47.6 Å². The number of anilines is 1. The minimum atomic E-state index is -5.26. The lowest BCUT2D eigenvalue weighted by molar-refractivity contribution is -0.293. The first-order chi connectivity index (χ1) is 12.1. The molecule has 2 heterocycles. The van der Waals surface area contributed by atoms with Crippen LogP contribution in [-0.4, -0.2) is 39.5 Å². The zero-order chi connectivity index (χ0) is 19.2. The fraction of sp³-hybridized carbons (Fsp3) is 0.412. The first-order valence-electron chi connectivity index (χ1n) is 7.79. The standard InChI is InChI=1S/C17H16F4N2O3/c1-15(12-7-10(18)4-5-13(12)26-15)9-16(25,17(19,20)21)14(24)23-11-3-2-6-22-8-11/h2-8,12-13,25H,9H2,1H3,(H,23,24). The number of pyridine rings is 1. The minimum absolute atomic E-state index is 0.00396. The number of nitrogens with zero attached hydrogens (tertiary/aromatic N) is 1. The molecule has 1 fully saturated rings. The van der Waals surface area contributed by atoms with E-state index in [0.29, 0.717) is 0 Å². The Bertz CT molecular complexity index is 765. The van der Waals surface area contributed by atoms with Crippen LogP contribution in [0.15, 0.2) is 48.6 Å². The van der Waals surface area contributed by atoms with Crippen molar-refractivity contribution in [2.75, 3.05) is 5.32 Å². The summed E-state index contributed by atoms with van der Waals surface area (Å²) in [6.07, 6.45) is -0.695. The number of hydrogen-bond donors (Lipinski definition) is 2. The average Bonchev–Trinajstić information content (AvgIpc) is 2.56. The fourth-order valence-electron chi connectivity index (χ4n) is 3.23. The maximum absolute atomic E-state index is 13.6. The van der Waals surface area contributed by atoms with Crippen LogP contribution < -0.4 is 5.32 Å². The molecular weight excluding hydrogens is 356 g/mol. The van der Waals surface area contributed by atoms with Crippen molar-refractivity contribution in [1.29, 1.82) is 0 Å². The number of fused-ring (bicyclic) bond motifs is 1. The quantitative estimate of drug-likeness (QED) is 0.798. The molecule has 5 nitrogen and oxygen atoms in total. The zero-order valence-corrected chi connectivity index (χ0v) is 13.6. The third kappa shape index (κ3) is 3.12. The summed E-state index contributed by atoms with van der Waals surface area (Å²) in [7, 11) is 0. The second-order valence-electron chi connectivity index (χ2n) is 6.56. The molecule has 0 bridgehead atoms. The van der Waals surface area contributed by atoms with Gasteiger partial charge in [-0.25, -0.2) is 4.39 Å². The van der Waals surface area contributed by atoms with Crippen molar-refractivity contribution in [2.45, 2.75) is 36.8 Å². The molecule has 1 aromatic heterocycles. The van der Waals surface area contributed by atoms with Crippen LogP contribution in [0, 0.1) is 5.92 Å². The summed E-state index contributed by atoms with van der Waals surface area (Å²) in [6, 6.07) is 2.76. The number of aliphatic hydroxyl groups is 1. The van der Waals surface area contributed by atoms with E-state index in [0.717, 1.165) is 18.3 Å². The number of alkyl halides is 3. The Hall–Kier alpha value is -2.26. The summed E-state index contributed by atoms with van der Waals surface area (Å²) in [5, 5.41) is 12.3. The van der Waals surface area contributed by atoms with Crippen LogP contribution >= 0.6 is 0 Å². The fourth-order valence-corrected chi connectivity index (χ4v) is 3.23. The summed E-state index contributed by atoms with van der Waals surface area (Å²) < 4.78 is 59.6. The van der Waals surface area contributed by atoms with Crippen molar-refractivity contribution in [2.24, 2.45) is 5.92 Å². The molecule has 3 rings (SSSR count). The molecule has 2 N–H and O–H groups in total. The van der Waals surface area contributed by atoms with Gasteiger partial charge in [-0.3, -0.25) is 9.78 Å². The Morgan fingerprint density at radius 1 is 1.46 bits per heavy atom. The number of carbonyl (C=O) groups excluding carboxylic acids is 1. The van der Waals surface area contributed by atoms with Gasteiger partial charge < -0.3 is 15.2 Å². The Balaban J connectivity index is 1.84. The molecule has 0 aromatic carbocycles. The number of nitrogens with one attached hydrogen (secondary N) is 1. The highest BCUT2D eigenvalue weighted by Crippen LogP contribution is 2.50. The van der Waals surface area contributed by atoms with Gasteiger partial charge in [0.15, 0.2) is 0 Å². The van der Waals surface area contributed by atoms with E-state index in [-0.39, 0.29) is 5.69 Å². The maximum Gasteiger partial charge on any atom is 0.426 e. The first kappa shape index (κ1) is 18.5. The molecule has 0 spiro atoms. The number of hydrogen-bond acceptors (Lipinski definition) is 4. The zero-order valence-electron chi connectivity index (χ0n) is 13.6. The number of ether oxygens (including phenoxy) is 1. The Labute approximate surface area is 146 Å². The van der Waals surface area contributed by atoms with Crippen LogP contribution in [-0.2, 0) is 9.53 Å². The van der Waals surface area contributed by atoms with Gasteiger partial charge >= 0.3 is 6.18 Å². The van der Waals surface area contributed by atoms with Crippen LogP contribution in [0.1, 0.15) is 13.3 Å².